The highest BCUT2D eigenvalue weighted by Gasteiger charge is 2.12. The molecule has 0 aromatic heterocycles. The van der Waals surface area contributed by atoms with E-state index in [0.29, 0.717) is 17.0 Å². The van der Waals surface area contributed by atoms with Crippen molar-refractivity contribution in [1.29, 1.82) is 0 Å². The molecule has 0 aliphatic carbocycles. The number of carboxylic acids is 1. The predicted octanol–water partition coefficient (Wildman–Crippen LogP) is 2.71. The van der Waals surface area contributed by atoms with E-state index >= 15 is 0 Å². The zero-order valence-corrected chi connectivity index (χ0v) is 11.5. The number of carbonyl (C=O) groups excluding carboxylic acids is 1. The number of carbonyl (C=O) groups is 2. The molecule has 0 radical (unpaired) electrons. The molecule has 2 rings (SSSR count). The summed E-state index contributed by atoms with van der Waals surface area (Å²) in [6, 6.07) is 13.7. The number of amides is 1. The number of hydrogen-bond donors (Lipinski definition) is 2. The molecule has 0 aliphatic heterocycles. The standard InChI is InChI=1S/C16H15NO4/c1-11-13(16(19)20)8-5-9-14(11)21-10-15(18)17-12-6-3-2-4-7-12/h2-9H,10H2,1H3,(H,17,18)(H,19,20). The zero-order valence-electron chi connectivity index (χ0n) is 11.5. The number of benzene rings is 2. The summed E-state index contributed by atoms with van der Waals surface area (Å²) in [6.07, 6.45) is 0. The van der Waals surface area contributed by atoms with E-state index in [9.17, 15) is 9.59 Å². The van der Waals surface area contributed by atoms with Gasteiger partial charge in [-0.2, -0.15) is 0 Å². The van der Waals surface area contributed by atoms with Gasteiger partial charge in [0, 0.05) is 11.3 Å². The topological polar surface area (TPSA) is 75.6 Å². The van der Waals surface area contributed by atoms with Crippen molar-refractivity contribution in [3.8, 4) is 5.75 Å². The maximum absolute atomic E-state index is 11.8. The van der Waals surface area contributed by atoms with E-state index < -0.39 is 5.97 Å². The van der Waals surface area contributed by atoms with Crippen molar-refractivity contribution in [2.75, 3.05) is 11.9 Å². The second kappa shape index (κ2) is 6.56. The molecule has 0 unspecified atom stereocenters. The van der Waals surface area contributed by atoms with Gasteiger partial charge in [-0.05, 0) is 31.2 Å². The van der Waals surface area contributed by atoms with Crippen LogP contribution in [0, 0.1) is 6.92 Å². The monoisotopic (exact) mass is 285 g/mol. The Hall–Kier alpha value is -2.82. The van der Waals surface area contributed by atoms with Gasteiger partial charge in [-0.1, -0.05) is 24.3 Å². The van der Waals surface area contributed by atoms with Crippen LogP contribution in [0.15, 0.2) is 48.5 Å². The molecule has 0 saturated heterocycles. The molecule has 2 aromatic rings. The van der Waals surface area contributed by atoms with E-state index in [1.54, 1.807) is 31.2 Å². The summed E-state index contributed by atoms with van der Waals surface area (Å²) in [7, 11) is 0. The fourth-order valence-electron chi connectivity index (χ4n) is 1.86. The van der Waals surface area contributed by atoms with Crippen molar-refractivity contribution in [1.82, 2.24) is 0 Å². The number of ether oxygens (including phenoxy) is 1. The average Bonchev–Trinajstić information content (AvgIpc) is 2.47. The summed E-state index contributed by atoms with van der Waals surface area (Å²) in [5, 5.41) is 11.7. The Morgan fingerprint density at radius 3 is 2.48 bits per heavy atom. The first-order chi connectivity index (χ1) is 10.1. The van der Waals surface area contributed by atoms with Crippen molar-refractivity contribution in [3.05, 3.63) is 59.7 Å². The molecule has 2 N–H and O–H groups in total. The Morgan fingerprint density at radius 2 is 1.81 bits per heavy atom. The summed E-state index contributed by atoms with van der Waals surface area (Å²) >= 11 is 0. The second-order valence-corrected chi connectivity index (χ2v) is 4.44. The van der Waals surface area contributed by atoms with Crippen LogP contribution in [0.4, 0.5) is 5.69 Å². The Bertz CT molecular complexity index is 653. The molecular formula is C16H15NO4. The van der Waals surface area contributed by atoms with Gasteiger partial charge in [-0.3, -0.25) is 4.79 Å². The highest BCUT2D eigenvalue weighted by atomic mass is 16.5. The van der Waals surface area contributed by atoms with Crippen molar-refractivity contribution in [2.45, 2.75) is 6.92 Å². The van der Waals surface area contributed by atoms with Crippen molar-refractivity contribution in [2.24, 2.45) is 0 Å². The fraction of sp³-hybridized carbons (Fsp3) is 0.125. The Morgan fingerprint density at radius 1 is 1.10 bits per heavy atom. The lowest BCUT2D eigenvalue weighted by Gasteiger charge is -2.11. The maximum Gasteiger partial charge on any atom is 0.336 e. The van der Waals surface area contributed by atoms with Crippen LogP contribution in [-0.4, -0.2) is 23.6 Å². The summed E-state index contributed by atoms with van der Waals surface area (Å²) in [4.78, 5) is 22.8. The largest absolute Gasteiger partial charge is 0.483 e. The SMILES string of the molecule is Cc1c(OCC(=O)Nc2ccccc2)cccc1C(=O)O. The predicted molar refractivity (Wildman–Crippen MR) is 78.7 cm³/mol. The molecule has 0 fully saturated rings. The van der Waals surface area contributed by atoms with Gasteiger partial charge in [0.1, 0.15) is 5.75 Å². The number of anilines is 1. The molecule has 0 spiro atoms. The molecule has 1 amide bonds. The smallest absolute Gasteiger partial charge is 0.336 e. The highest BCUT2D eigenvalue weighted by molar-refractivity contribution is 5.92. The van der Waals surface area contributed by atoms with Crippen LogP contribution in [0.2, 0.25) is 0 Å². The van der Waals surface area contributed by atoms with Gasteiger partial charge in [0.25, 0.3) is 5.91 Å². The van der Waals surface area contributed by atoms with Gasteiger partial charge >= 0.3 is 5.97 Å². The van der Waals surface area contributed by atoms with Crippen LogP contribution >= 0.6 is 0 Å². The molecule has 0 atom stereocenters. The average molecular weight is 285 g/mol. The molecule has 5 heteroatoms. The molecule has 2 aromatic carbocycles. The number of aromatic carboxylic acids is 1. The first-order valence-corrected chi connectivity index (χ1v) is 6.38. The van der Waals surface area contributed by atoms with Crippen molar-refractivity contribution < 1.29 is 19.4 Å². The molecular weight excluding hydrogens is 270 g/mol. The molecule has 0 bridgehead atoms. The highest BCUT2D eigenvalue weighted by Crippen LogP contribution is 2.21. The first kappa shape index (κ1) is 14.6. The van der Waals surface area contributed by atoms with Crippen LogP contribution in [-0.2, 0) is 4.79 Å². The van der Waals surface area contributed by atoms with E-state index in [-0.39, 0.29) is 18.1 Å². The van der Waals surface area contributed by atoms with Crippen LogP contribution in [0.1, 0.15) is 15.9 Å². The van der Waals surface area contributed by atoms with Crippen LogP contribution < -0.4 is 10.1 Å². The number of hydrogen-bond acceptors (Lipinski definition) is 3. The summed E-state index contributed by atoms with van der Waals surface area (Å²) in [5.41, 5.74) is 1.34. The lowest BCUT2D eigenvalue weighted by Crippen LogP contribution is -2.20. The van der Waals surface area contributed by atoms with Gasteiger partial charge in [0.2, 0.25) is 0 Å². The number of carboxylic acid groups (broad SMARTS) is 1. The van der Waals surface area contributed by atoms with Gasteiger partial charge in [0.15, 0.2) is 6.61 Å². The Labute approximate surface area is 122 Å². The number of rotatable bonds is 5. The van der Waals surface area contributed by atoms with E-state index in [1.807, 2.05) is 18.2 Å². The number of para-hydroxylation sites is 1. The third kappa shape index (κ3) is 3.82. The third-order valence-electron chi connectivity index (χ3n) is 2.93. The quantitative estimate of drug-likeness (QED) is 0.885. The van der Waals surface area contributed by atoms with Crippen LogP contribution in [0.3, 0.4) is 0 Å². The lowest BCUT2D eigenvalue weighted by molar-refractivity contribution is -0.118. The minimum absolute atomic E-state index is 0.163. The van der Waals surface area contributed by atoms with Crippen LogP contribution in [0.5, 0.6) is 5.75 Å². The number of nitrogens with one attached hydrogen (secondary N) is 1. The minimum atomic E-state index is -1.02. The zero-order chi connectivity index (χ0) is 15.2. The maximum atomic E-state index is 11.8. The third-order valence-corrected chi connectivity index (χ3v) is 2.93. The fourth-order valence-corrected chi connectivity index (χ4v) is 1.86. The van der Waals surface area contributed by atoms with Crippen molar-refractivity contribution >= 4 is 17.6 Å². The van der Waals surface area contributed by atoms with E-state index in [0.717, 1.165) is 0 Å². The minimum Gasteiger partial charge on any atom is -0.483 e. The molecule has 0 aliphatic rings. The van der Waals surface area contributed by atoms with Gasteiger partial charge < -0.3 is 15.2 Å². The Kier molecular flexibility index (Phi) is 4.56. The summed E-state index contributed by atoms with van der Waals surface area (Å²) < 4.78 is 5.39. The Balaban J connectivity index is 1.99. The molecule has 0 saturated carbocycles. The normalized spacial score (nSPS) is 9.95. The summed E-state index contributed by atoms with van der Waals surface area (Å²) in [5.74, 6) is -0.939. The van der Waals surface area contributed by atoms with E-state index in [1.165, 1.54) is 6.07 Å². The van der Waals surface area contributed by atoms with E-state index in [4.69, 9.17) is 9.84 Å². The molecule has 21 heavy (non-hydrogen) atoms. The van der Waals surface area contributed by atoms with Gasteiger partial charge in [0.05, 0.1) is 5.56 Å². The lowest BCUT2D eigenvalue weighted by atomic mass is 10.1. The molecule has 5 nitrogen and oxygen atoms in total. The van der Waals surface area contributed by atoms with Gasteiger partial charge in [-0.25, -0.2) is 4.79 Å². The van der Waals surface area contributed by atoms with Crippen molar-refractivity contribution in [3.63, 3.8) is 0 Å². The van der Waals surface area contributed by atoms with E-state index in [2.05, 4.69) is 5.32 Å². The van der Waals surface area contributed by atoms with Crippen LogP contribution in [0.25, 0.3) is 0 Å². The first-order valence-electron chi connectivity index (χ1n) is 6.38. The van der Waals surface area contributed by atoms with Gasteiger partial charge in [-0.15, -0.1) is 0 Å². The second-order valence-electron chi connectivity index (χ2n) is 4.44. The molecule has 0 heterocycles. The molecule has 108 valence electrons. The summed E-state index contributed by atoms with van der Waals surface area (Å²) in [6.45, 7) is 1.46.